The van der Waals surface area contributed by atoms with Gasteiger partial charge in [0.25, 0.3) is 11.8 Å². The Hall–Kier alpha value is -2.89. The van der Waals surface area contributed by atoms with Crippen LogP contribution in [-0.2, 0) is 16.1 Å². The molecule has 0 atom stereocenters. The monoisotopic (exact) mass is 423 g/mol. The Morgan fingerprint density at radius 2 is 1.48 bits per heavy atom. The highest BCUT2D eigenvalue weighted by Crippen LogP contribution is 2.40. The Morgan fingerprint density at radius 1 is 0.828 bits per heavy atom. The van der Waals surface area contributed by atoms with Crippen LogP contribution < -0.4 is 0 Å². The van der Waals surface area contributed by atoms with Gasteiger partial charge in [-0.05, 0) is 41.5 Å². The second-order valence-electron chi connectivity index (χ2n) is 6.41. The molecule has 0 spiro atoms. The van der Waals surface area contributed by atoms with Crippen molar-refractivity contribution < 1.29 is 14.0 Å². The number of rotatable bonds is 5. The van der Waals surface area contributed by atoms with E-state index in [0.717, 1.165) is 4.90 Å². The van der Waals surface area contributed by atoms with Crippen LogP contribution in [0.2, 0.25) is 5.02 Å². The average molecular weight is 424 g/mol. The van der Waals surface area contributed by atoms with Crippen LogP contribution in [0.25, 0.3) is 5.57 Å². The summed E-state index contributed by atoms with van der Waals surface area (Å²) in [5.74, 6) is -1.21. The minimum Gasteiger partial charge on any atom is -0.269 e. The summed E-state index contributed by atoms with van der Waals surface area (Å²) in [5.41, 5.74) is 1.46. The van der Waals surface area contributed by atoms with E-state index in [2.05, 4.69) is 0 Å². The van der Waals surface area contributed by atoms with Gasteiger partial charge in [0.1, 0.15) is 5.82 Å². The fourth-order valence-electron chi connectivity index (χ4n) is 3.07. The van der Waals surface area contributed by atoms with Crippen molar-refractivity contribution in [2.75, 3.05) is 0 Å². The number of thioether (sulfide) groups is 1. The van der Waals surface area contributed by atoms with E-state index < -0.39 is 11.7 Å². The molecule has 29 heavy (non-hydrogen) atoms. The molecule has 0 aromatic heterocycles. The summed E-state index contributed by atoms with van der Waals surface area (Å²) in [4.78, 5) is 28.8. The Kier molecular flexibility index (Phi) is 5.51. The summed E-state index contributed by atoms with van der Waals surface area (Å²) in [6.45, 7) is 0.0703. The maximum Gasteiger partial charge on any atom is 0.268 e. The average Bonchev–Trinajstić information content (AvgIpc) is 2.95. The van der Waals surface area contributed by atoms with Crippen LogP contribution in [0.4, 0.5) is 4.39 Å². The van der Waals surface area contributed by atoms with Crippen LogP contribution in [0.5, 0.6) is 0 Å². The van der Waals surface area contributed by atoms with Gasteiger partial charge >= 0.3 is 0 Å². The van der Waals surface area contributed by atoms with Gasteiger partial charge in [-0.15, -0.1) is 0 Å². The van der Waals surface area contributed by atoms with E-state index in [0.29, 0.717) is 21.1 Å². The predicted octanol–water partition coefficient (Wildman–Crippen LogP) is 5.55. The lowest BCUT2D eigenvalue weighted by Crippen LogP contribution is -2.31. The number of amides is 2. The molecule has 1 aliphatic rings. The third-order valence-electron chi connectivity index (χ3n) is 4.51. The fourth-order valence-corrected chi connectivity index (χ4v) is 4.30. The molecular weight excluding hydrogens is 409 g/mol. The Labute approximate surface area is 176 Å². The molecule has 0 bridgehead atoms. The summed E-state index contributed by atoms with van der Waals surface area (Å²) < 4.78 is 13.4. The molecule has 144 valence electrons. The highest BCUT2D eigenvalue weighted by Gasteiger charge is 2.39. The second kappa shape index (κ2) is 8.23. The van der Waals surface area contributed by atoms with Gasteiger partial charge in [-0.25, -0.2) is 4.39 Å². The van der Waals surface area contributed by atoms with Gasteiger partial charge in [-0.3, -0.25) is 14.5 Å². The number of carbonyl (C=O) groups excluding carboxylic acids is 2. The van der Waals surface area contributed by atoms with Gasteiger partial charge in [0.05, 0.1) is 17.0 Å². The molecule has 3 aromatic carbocycles. The van der Waals surface area contributed by atoms with Gasteiger partial charge in [-0.1, -0.05) is 71.9 Å². The molecule has 0 radical (unpaired) electrons. The molecule has 0 fully saturated rings. The summed E-state index contributed by atoms with van der Waals surface area (Å²) in [6, 6.07) is 22.0. The molecule has 3 nitrogen and oxygen atoms in total. The molecule has 6 heteroatoms. The maximum atomic E-state index is 13.4. The van der Waals surface area contributed by atoms with Crippen LogP contribution in [0.3, 0.4) is 0 Å². The molecule has 3 aromatic rings. The van der Waals surface area contributed by atoms with Gasteiger partial charge in [-0.2, -0.15) is 0 Å². The molecule has 1 aliphatic heterocycles. The smallest absolute Gasteiger partial charge is 0.268 e. The van der Waals surface area contributed by atoms with Gasteiger partial charge in [0, 0.05) is 9.92 Å². The predicted molar refractivity (Wildman–Crippen MR) is 113 cm³/mol. The molecule has 4 rings (SSSR count). The SMILES string of the molecule is O=C1C(Sc2ccccc2)=C(c2ccc(F)cc2)C(=O)N1Cc1ccccc1Cl. The lowest BCUT2D eigenvalue weighted by Gasteiger charge is -2.16. The number of imide groups is 1. The highest BCUT2D eigenvalue weighted by atomic mass is 35.5. The first kappa shape index (κ1) is 19.4. The summed E-state index contributed by atoms with van der Waals surface area (Å²) >= 11 is 7.45. The van der Waals surface area contributed by atoms with E-state index in [9.17, 15) is 14.0 Å². The Bertz CT molecular complexity index is 1110. The quantitative estimate of drug-likeness (QED) is 0.505. The number of hydrogen-bond donors (Lipinski definition) is 0. The van der Waals surface area contributed by atoms with E-state index in [1.807, 2.05) is 30.3 Å². The molecule has 1 heterocycles. The molecule has 0 aliphatic carbocycles. The van der Waals surface area contributed by atoms with Crippen molar-refractivity contribution in [1.29, 1.82) is 0 Å². The molecule has 0 saturated heterocycles. The first-order chi connectivity index (χ1) is 14.0. The minimum absolute atomic E-state index is 0.0703. The first-order valence-corrected chi connectivity index (χ1v) is 10.1. The van der Waals surface area contributed by atoms with Crippen molar-refractivity contribution in [2.24, 2.45) is 0 Å². The van der Waals surface area contributed by atoms with Crippen LogP contribution >= 0.6 is 23.4 Å². The third-order valence-corrected chi connectivity index (χ3v) is 5.97. The molecule has 2 amide bonds. The largest absolute Gasteiger partial charge is 0.269 e. The van der Waals surface area contributed by atoms with E-state index >= 15 is 0 Å². The summed E-state index contributed by atoms with van der Waals surface area (Å²) in [5, 5.41) is 0.487. The maximum absolute atomic E-state index is 13.4. The zero-order valence-corrected chi connectivity index (χ0v) is 16.7. The van der Waals surface area contributed by atoms with Crippen molar-refractivity contribution in [3.63, 3.8) is 0 Å². The lowest BCUT2D eigenvalue weighted by molar-refractivity contribution is -0.137. The van der Waals surface area contributed by atoms with Gasteiger partial charge in [0.2, 0.25) is 0 Å². The first-order valence-electron chi connectivity index (χ1n) is 8.87. The highest BCUT2D eigenvalue weighted by molar-refractivity contribution is 8.04. The molecule has 0 N–H and O–H groups in total. The standard InChI is InChI=1S/C23H15ClFNO2S/c24-19-9-5-4-6-16(19)14-26-22(27)20(15-10-12-17(25)13-11-15)21(23(26)28)29-18-7-2-1-3-8-18/h1-13H,14H2. The zero-order chi connectivity index (χ0) is 20.4. The summed E-state index contributed by atoms with van der Waals surface area (Å²) in [6.07, 6.45) is 0. The van der Waals surface area contributed by atoms with Crippen molar-refractivity contribution in [3.8, 4) is 0 Å². The number of benzene rings is 3. The van der Waals surface area contributed by atoms with Crippen molar-refractivity contribution >= 4 is 40.8 Å². The normalized spacial score (nSPS) is 14.1. The van der Waals surface area contributed by atoms with E-state index in [-0.39, 0.29) is 18.0 Å². The number of hydrogen-bond acceptors (Lipinski definition) is 3. The van der Waals surface area contributed by atoms with Crippen molar-refractivity contribution in [1.82, 2.24) is 4.90 Å². The van der Waals surface area contributed by atoms with Crippen LogP contribution in [-0.4, -0.2) is 16.7 Å². The minimum atomic E-state index is -0.417. The molecule has 0 unspecified atom stereocenters. The van der Waals surface area contributed by atoms with Crippen LogP contribution in [0, 0.1) is 5.82 Å². The van der Waals surface area contributed by atoms with Gasteiger partial charge < -0.3 is 0 Å². The van der Waals surface area contributed by atoms with Crippen LogP contribution in [0.1, 0.15) is 11.1 Å². The lowest BCUT2D eigenvalue weighted by atomic mass is 10.1. The molecular formula is C23H15ClFNO2S. The Morgan fingerprint density at radius 3 is 2.17 bits per heavy atom. The second-order valence-corrected chi connectivity index (χ2v) is 7.90. The number of halogens is 2. The topological polar surface area (TPSA) is 37.4 Å². The zero-order valence-electron chi connectivity index (χ0n) is 15.1. The Balaban J connectivity index is 1.75. The summed E-state index contributed by atoms with van der Waals surface area (Å²) in [7, 11) is 0. The fraction of sp³-hybridized carbons (Fsp3) is 0.0435. The molecule has 0 saturated carbocycles. The van der Waals surface area contributed by atoms with E-state index in [1.54, 1.807) is 24.3 Å². The van der Waals surface area contributed by atoms with Crippen molar-refractivity contribution in [2.45, 2.75) is 11.4 Å². The van der Waals surface area contributed by atoms with E-state index in [1.165, 1.54) is 40.9 Å². The van der Waals surface area contributed by atoms with Crippen molar-refractivity contribution in [3.05, 3.63) is 106 Å². The van der Waals surface area contributed by atoms with E-state index in [4.69, 9.17) is 11.6 Å². The number of carbonyl (C=O) groups is 2. The van der Waals surface area contributed by atoms with Crippen LogP contribution in [0.15, 0.2) is 88.7 Å². The van der Waals surface area contributed by atoms with Gasteiger partial charge in [0.15, 0.2) is 0 Å². The third kappa shape index (κ3) is 3.97. The number of nitrogens with zero attached hydrogens (tertiary/aromatic N) is 1.